The lowest BCUT2D eigenvalue weighted by Crippen LogP contribution is -2.23. The topological polar surface area (TPSA) is 45.2 Å². The number of thiazole rings is 1. The van der Waals surface area contributed by atoms with Crippen LogP contribution >= 0.6 is 22.9 Å². The number of rotatable bonds is 8. The molecule has 9 heteroatoms. The molecule has 0 bridgehead atoms. The molecule has 1 amide bonds. The molecule has 1 aromatic heterocycles. The number of aromatic nitrogens is 1. The number of benzene rings is 3. The smallest absolute Gasteiger partial charge is 0.321 e. The Labute approximate surface area is 222 Å². The Morgan fingerprint density at radius 3 is 2.32 bits per heavy atom. The number of carbonyl (C=O) groups excluding carboxylic acids is 1. The molecule has 4 nitrogen and oxygen atoms in total. The summed E-state index contributed by atoms with van der Waals surface area (Å²) in [6.45, 7) is 5.04. The van der Waals surface area contributed by atoms with Crippen LogP contribution in [0.3, 0.4) is 0 Å². The number of hydrogen-bond acceptors (Lipinski definition) is 4. The minimum atomic E-state index is -4.42. The monoisotopic (exact) mass is 543 g/mol. The van der Waals surface area contributed by atoms with Crippen LogP contribution in [0.5, 0.6) is 0 Å². The Balaban J connectivity index is 1.52. The molecule has 4 aromatic rings. The summed E-state index contributed by atoms with van der Waals surface area (Å²) in [5, 5.41) is 5.82. The van der Waals surface area contributed by atoms with E-state index in [2.05, 4.69) is 10.3 Å². The van der Waals surface area contributed by atoms with E-state index in [0.29, 0.717) is 40.1 Å². The van der Waals surface area contributed by atoms with E-state index >= 15 is 0 Å². The number of alkyl halides is 3. The van der Waals surface area contributed by atoms with Crippen molar-refractivity contribution in [1.29, 1.82) is 0 Å². The zero-order chi connectivity index (χ0) is 26.6. The van der Waals surface area contributed by atoms with Gasteiger partial charge in [0.05, 0.1) is 12.1 Å². The number of nitrogens with one attached hydrogen (secondary N) is 1. The molecule has 0 unspecified atom stereocenters. The van der Waals surface area contributed by atoms with Crippen LogP contribution in [0.15, 0.2) is 72.1 Å². The van der Waals surface area contributed by atoms with Gasteiger partial charge in [0.25, 0.3) is 5.91 Å². The zero-order valence-electron chi connectivity index (χ0n) is 20.3. The first-order valence-electron chi connectivity index (χ1n) is 11.5. The lowest BCUT2D eigenvalue weighted by atomic mass is 10.1. The fourth-order valence-corrected chi connectivity index (χ4v) is 4.89. The van der Waals surface area contributed by atoms with Crippen molar-refractivity contribution < 1.29 is 18.0 Å². The Morgan fingerprint density at radius 1 is 0.946 bits per heavy atom. The van der Waals surface area contributed by atoms with Crippen LogP contribution in [-0.2, 0) is 25.8 Å². The van der Waals surface area contributed by atoms with E-state index in [4.69, 9.17) is 11.6 Å². The van der Waals surface area contributed by atoms with Crippen molar-refractivity contribution in [2.45, 2.75) is 39.7 Å². The maximum Gasteiger partial charge on any atom is 0.416 e. The first-order valence-corrected chi connectivity index (χ1v) is 12.8. The van der Waals surface area contributed by atoms with Crippen LogP contribution in [-0.4, -0.2) is 15.8 Å². The average molecular weight is 544 g/mol. The van der Waals surface area contributed by atoms with Gasteiger partial charge in [0.1, 0.15) is 10.7 Å². The number of hydrogen-bond donors (Lipinski definition) is 1. The van der Waals surface area contributed by atoms with Crippen LogP contribution in [0, 0.1) is 13.8 Å². The molecule has 0 aliphatic rings. The Morgan fingerprint density at radius 2 is 1.65 bits per heavy atom. The number of anilines is 1. The third kappa shape index (κ3) is 7.41. The molecule has 0 saturated heterocycles. The van der Waals surface area contributed by atoms with Crippen LogP contribution in [0.2, 0.25) is 5.02 Å². The molecule has 192 valence electrons. The van der Waals surface area contributed by atoms with E-state index in [0.717, 1.165) is 28.8 Å². The maximum atomic E-state index is 13.2. The van der Waals surface area contributed by atoms with Gasteiger partial charge in [-0.15, -0.1) is 11.3 Å². The summed E-state index contributed by atoms with van der Waals surface area (Å²) in [4.78, 5) is 19.2. The van der Waals surface area contributed by atoms with Gasteiger partial charge in [0, 0.05) is 29.2 Å². The molecule has 0 aliphatic carbocycles. The van der Waals surface area contributed by atoms with Crippen molar-refractivity contribution in [3.8, 4) is 0 Å². The van der Waals surface area contributed by atoms with Crippen LogP contribution < -0.4 is 5.32 Å². The Hall–Kier alpha value is -3.20. The molecule has 0 spiro atoms. The van der Waals surface area contributed by atoms with Crippen molar-refractivity contribution in [2.24, 2.45) is 0 Å². The van der Waals surface area contributed by atoms with Crippen LogP contribution in [0.25, 0.3) is 0 Å². The van der Waals surface area contributed by atoms with Gasteiger partial charge >= 0.3 is 6.18 Å². The van der Waals surface area contributed by atoms with Gasteiger partial charge in [-0.05, 0) is 66.4 Å². The quantitative estimate of drug-likeness (QED) is 0.246. The number of carbonyl (C=O) groups is 1. The first-order chi connectivity index (χ1) is 17.6. The molecular formula is C28H25ClF3N3OS. The Bertz CT molecular complexity index is 1400. The third-order valence-corrected chi connectivity index (χ3v) is 6.93. The number of amides is 1. The maximum absolute atomic E-state index is 13.2. The van der Waals surface area contributed by atoms with Crippen molar-refractivity contribution in [3.05, 3.63) is 116 Å². The Kier molecular flexibility index (Phi) is 8.32. The first kappa shape index (κ1) is 26.9. The van der Waals surface area contributed by atoms with E-state index < -0.39 is 11.7 Å². The lowest BCUT2D eigenvalue weighted by Gasteiger charge is -2.22. The number of halogens is 4. The summed E-state index contributed by atoms with van der Waals surface area (Å²) >= 11 is 7.48. The van der Waals surface area contributed by atoms with Crippen LogP contribution in [0.1, 0.15) is 43.3 Å². The molecule has 0 atom stereocenters. The molecule has 1 N–H and O–H groups in total. The van der Waals surface area contributed by atoms with E-state index in [-0.39, 0.29) is 12.5 Å². The normalized spacial score (nSPS) is 11.6. The summed E-state index contributed by atoms with van der Waals surface area (Å²) in [6, 6.07) is 18.3. The fraction of sp³-hybridized carbons (Fsp3) is 0.214. The third-order valence-electron chi connectivity index (χ3n) is 5.86. The number of nitrogens with zero attached hydrogens (tertiary/aromatic N) is 2. The van der Waals surface area contributed by atoms with Crippen molar-refractivity contribution in [2.75, 3.05) is 5.32 Å². The standard InChI is InChI=1S/C28H25ClF3N3OS/c1-18-9-10-24(11-19(18)2)33-27(36)25-17-37-26(34-25)16-35(15-21-6-4-8-23(29)13-21)14-20-5-3-7-22(12-20)28(30,31)32/h3-13,17H,14-16H2,1-2H3,(H,33,36). The summed E-state index contributed by atoms with van der Waals surface area (Å²) in [6.07, 6.45) is -4.42. The highest BCUT2D eigenvalue weighted by atomic mass is 35.5. The van der Waals surface area contributed by atoms with Gasteiger partial charge in [0.2, 0.25) is 0 Å². The van der Waals surface area contributed by atoms with Gasteiger partial charge in [-0.1, -0.05) is 48.0 Å². The summed E-state index contributed by atoms with van der Waals surface area (Å²) in [5.41, 5.74) is 3.95. The minimum absolute atomic E-state index is 0.264. The van der Waals surface area contributed by atoms with Crippen molar-refractivity contribution in [3.63, 3.8) is 0 Å². The van der Waals surface area contributed by atoms with E-state index in [9.17, 15) is 18.0 Å². The fourth-order valence-electron chi connectivity index (χ4n) is 3.86. The van der Waals surface area contributed by atoms with Crippen molar-refractivity contribution in [1.82, 2.24) is 9.88 Å². The predicted molar refractivity (Wildman–Crippen MR) is 142 cm³/mol. The molecule has 0 aliphatic heterocycles. The molecular weight excluding hydrogens is 519 g/mol. The highest BCUT2D eigenvalue weighted by molar-refractivity contribution is 7.09. The second-order valence-electron chi connectivity index (χ2n) is 8.85. The molecule has 0 radical (unpaired) electrons. The molecule has 0 saturated carbocycles. The van der Waals surface area contributed by atoms with Crippen LogP contribution in [0.4, 0.5) is 18.9 Å². The summed E-state index contributed by atoms with van der Waals surface area (Å²) in [7, 11) is 0. The summed E-state index contributed by atoms with van der Waals surface area (Å²) in [5.74, 6) is -0.315. The van der Waals surface area contributed by atoms with Gasteiger partial charge in [-0.3, -0.25) is 9.69 Å². The summed E-state index contributed by atoms with van der Waals surface area (Å²) < 4.78 is 39.7. The highest BCUT2D eigenvalue weighted by Crippen LogP contribution is 2.30. The van der Waals surface area contributed by atoms with E-state index in [1.54, 1.807) is 17.5 Å². The lowest BCUT2D eigenvalue weighted by molar-refractivity contribution is -0.137. The van der Waals surface area contributed by atoms with E-state index in [1.165, 1.54) is 17.4 Å². The molecule has 1 heterocycles. The van der Waals surface area contributed by atoms with Crippen molar-refractivity contribution >= 4 is 34.5 Å². The zero-order valence-corrected chi connectivity index (χ0v) is 21.8. The van der Waals surface area contributed by atoms with Gasteiger partial charge in [0.15, 0.2) is 0 Å². The van der Waals surface area contributed by atoms with Gasteiger partial charge in [-0.25, -0.2) is 4.98 Å². The second-order valence-corrected chi connectivity index (χ2v) is 10.2. The molecule has 37 heavy (non-hydrogen) atoms. The molecule has 4 rings (SSSR count). The largest absolute Gasteiger partial charge is 0.416 e. The minimum Gasteiger partial charge on any atom is -0.321 e. The average Bonchev–Trinajstić information content (AvgIpc) is 3.30. The van der Waals surface area contributed by atoms with E-state index in [1.807, 2.05) is 55.1 Å². The SMILES string of the molecule is Cc1ccc(NC(=O)c2csc(CN(Cc3cccc(Cl)c3)Cc3cccc(C(F)(F)F)c3)n2)cc1C. The predicted octanol–water partition coefficient (Wildman–Crippen LogP) is 7.89. The number of aryl methyl sites for hydroxylation is 2. The van der Waals surface area contributed by atoms with Gasteiger partial charge in [-0.2, -0.15) is 13.2 Å². The van der Waals surface area contributed by atoms with Gasteiger partial charge < -0.3 is 5.32 Å². The molecule has 3 aromatic carbocycles. The highest BCUT2D eigenvalue weighted by Gasteiger charge is 2.30. The second kappa shape index (κ2) is 11.5. The molecule has 0 fully saturated rings.